The highest BCUT2D eigenvalue weighted by molar-refractivity contribution is 5.69. The summed E-state index contributed by atoms with van der Waals surface area (Å²) in [4.78, 5) is 11.2. The molecule has 0 aromatic rings. The fourth-order valence-electron chi connectivity index (χ4n) is 2.25. The van der Waals surface area contributed by atoms with Gasteiger partial charge in [-0.2, -0.15) is 0 Å². The minimum absolute atomic E-state index is 0.0914. The van der Waals surface area contributed by atoms with Gasteiger partial charge in [-0.3, -0.25) is 4.79 Å². The summed E-state index contributed by atoms with van der Waals surface area (Å²) in [6.45, 7) is 8.45. The summed E-state index contributed by atoms with van der Waals surface area (Å²) in [7, 11) is 0. The maximum atomic E-state index is 11.2. The Morgan fingerprint density at radius 2 is 2.28 bits per heavy atom. The van der Waals surface area contributed by atoms with Crippen LogP contribution >= 0.6 is 0 Å². The van der Waals surface area contributed by atoms with Gasteiger partial charge in [0.1, 0.15) is 0 Å². The third-order valence-corrected chi connectivity index (χ3v) is 3.35. The number of rotatable bonds is 7. The molecule has 0 aromatic carbocycles. The number of carbonyl (C=O) groups excluding carboxylic acids is 1. The number of carbonyl (C=O) groups is 1. The van der Waals surface area contributed by atoms with E-state index in [0.29, 0.717) is 31.1 Å². The maximum Gasteiger partial charge on any atom is 0.305 e. The van der Waals surface area contributed by atoms with Gasteiger partial charge in [-0.25, -0.2) is 0 Å². The van der Waals surface area contributed by atoms with Crippen molar-refractivity contribution in [3.63, 3.8) is 0 Å². The van der Waals surface area contributed by atoms with Gasteiger partial charge < -0.3 is 14.8 Å². The first-order chi connectivity index (χ1) is 8.63. The van der Waals surface area contributed by atoms with Gasteiger partial charge in [0.15, 0.2) is 0 Å². The molecule has 0 radical (unpaired) electrons. The van der Waals surface area contributed by atoms with E-state index < -0.39 is 0 Å². The third-order valence-electron chi connectivity index (χ3n) is 3.35. The first-order valence-electron chi connectivity index (χ1n) is 7.14. The third kappa shape index (κ3) is 5.83. The van der Waals surface area contributed by atoms with Crippen LogP contribution < -0.4 is 5.32 Å². The van der Waals surface area contributed by atoms with Crippen molar-refractivity contribution >= 4 is 5.97 Å². The minimum atomic E-state index is -0.0914. The second kappa shape index (κ2) is 8.48. The molecule has 0 aromatic heterocycles. The van der Waals surface area contributed by atoms with E-state index in [2.05, 4.69) is 19.2 Å². The molecule has 1 aliphatic heterocycles. The molecule has 1 N–H and O–H groups in total. The van der Waals surface area contributed by atoms with E-state index in [-0.39, 0.29) is 5.97 Å². The smallest absolute Gasteiger partial charge is 0.305 e. The average Bonchev–Trinajstić information content (AvgIpc) is 2.35. The van der Waals surface area contributed by atoms with Gasteiger partial charge in [-0.15, -0.1) is 0 Å². The number of ether oxygens (including phenoxy) is 2. The second-order valence-electron chi connectivity index (χ2n) is 5.24. The van der Waals surface area contributed by atoms with E-state index in [9.17, 15) is 4.79 Å². The molecule has 106 valence electrons. The number of hydrogen-bond donors (Lipinski definition) is 1. The maximum absolute atomic E-state index is 11.2. The second-order valence-corrected chi connectivity index (χ2v) is 5.24. The summed E-state index contributed by atoms with van der Waals surface area (Å²) in [5.41, 5.74) is 0. The highest BCUT2D eigenvalue weighted by Crippen LogP contribution is 2.20. The summed E-state index contributed by atoms with van der Waals surface area (Å²) < 4.78 is 10.6. The van der Waals surface area contributed by atoms with Crippen LogP contribution in [0.5, 0.6) is 0 Å². The zero-order valence-electron chi connectivity index (χ0n) is 11.9. The zero-order valence-corrected chi connectivity index (χ0v) is 11.9. The van der Waals surface area contributed by atoms with Gasteiger partial charge in [0, 0.05) is 19.1 Å². The lowest BCUT2D eigenvalue weighted by Gasteiger charge is -2.32. The lowest BCUT2D eigenvalue weighted by molar-refractivity contribution is -0.143. The Hall–Kier alpha value is -0.610. The SMILES string of the molecule is CCOC(=O)CCCNC1CCOC(C(C)C)C1. The van der Waals surface area contributed by atoms with Crippen molar-refractivity contribution in [1.29, 1.82) is 0 Å². The van der Waals surface area contributed by atoms with E-state index in [1.807, 2.05) is 6.92 Å². The van der Waals surface area contributed by atoms with Crippen molar-refractivity contribution in [3.05, 3.63) is 0 Å². The highest BCUT2D eigenvalue weighted by Gasteiger charge is 2.24. The van der Waals surface area contributed by atoms with Crippen molar-refractivity contribution in [3.8, 4) is 0 Å². The summed E-state index contributed by atoms with van der Waals surface area (Å²) >= 11 is 0. The van der Waals surface area contributed by atoms with Crippen molar-refractivity contribution in [1.82, 2.24) is 5.32 Å². The Morgan fingerprint density at radius 1 is 1.50 bits per heavy atom. The van der Waals surface area contributed by atoms with Gasteiger partial charge in [0.25, 0.3) is 0 Å². The molecular formula is C14H27NO3. The van der Waals surface area contributed by atoms with Crippen molar-refractivity contribution in [2.24, 2.45) is 5.92 Å². The molecule has 4 nitrogen and oxygen atoms in total. The van der Waals surface area contributed by atoms with Crippen LogP contribution in [0, 0.1) is 5.92 Å². The van der Waals surface area contributed by atoms with Gasteiger partial charge in [-0.1, -0.05) is 13.8 Å². The van der Waals surface area contributed by atoms with Gasteiger partial charge in [-0.05, 0) is 38.6 Å². The van der Waals surface area contributed by atoms with Crippen molar-refractivity contribution in [2.45, 2.75) is 58.6 Å². The number of hydrogen-bond acceptors (Lipinski definition) is 4. The van der Waals surface area contributed by atoms with Crippen LogP contribution in [0.3, 0.4) is 0 Å². The average molecular weight is 257 g/mol. The normalized spacial score (nSPS) is 24.2. The molecule has 1 rings (SSSR count). The summed E-state index contributed by atoms with van der Waals surface area (Å²) in [5, 5.41) is 3.52. The molecular weight excluding hydrogens is 230 g/mol. The van der Waals surface area contributed by atoms with Crippen LogP contribution in [0.25, 0.3) is 0 Å². The molecule has 0 bridgehead atoms. The lowest BCUT2D eigenvalue weighted by Crippen LogP contribution is -2.41. The molecule has 1 aliphatic rings. The van der Waals surface area contributed by atoms with Crippen molar-refractivity contribution in [2.75, 3.05) is 19.8 Å². The van der Waals surface area contributed by atoms with E-state index >= 15 is 0 Å². The van der Waals surface area contributed by atoms with E-state index in [0.717, 1.165) is 32.4 Å². The molecule has 0 saturated carbocycles. The number of esters is 1. The van der Waals surface area contributed by atoms with E-state index in [1.54, 1.807) is 0 Å². The molecule has 2 atom stereocenters. The highest BCUT2D eigenvalue weighted by atomic mass is 16.5. The first-order valence-corrected chi connectivity index (χ1v) is 7.14. The summed E-state index contributed by atoms with van der Waals surface area (Å²) in [6.07, 6.45) is 3.89. The predicted octanol–water partition coefficient (Wildman–Crippen LogP) is 2.12. The van der Waals surface area contributed by atoms with E-state index in [4.69, 9.17) is 9.47 Å². The molecule has 1 saturated heterocycles. The fourth-order valence-corrected chi connectivity index (χ4v) is 2.25. The molecule has 1 heterocycles. The molecule has 0 aliphatic carbocycles. The van der Waals surface area contributed by atoms with E-state index in [1.165, 1.54) is 0 Å². The van der Waals surface area contributed by atoms with Crippen LogP contribution in [0.2, 0.25) is 0 Å². The standard InChI is InChI=1S/C14H27NO3/c1-4-17-14(16)6-5-8-15-12-7-9-18-13(10-12)11(2)3/h11-13,15H,4-10H2,1-3H3. The Kier molecular flexibility index (Phi) is 7.28. The van der Waals surface area contributed by atoms with Gasteiger partial charge in [0.05, 0.1) is 12.7 Å². The largest absolute Gasteiger partial charge is 0.466 e. The molecule has 0 amide bonds. The zero-order chi connectivity index (χ0) is 13.4. The quantitative estimate of drug-likeness (QED) is 0.560. The molecule has 2 unspecified atom stereocenters. The lowest BCUT2D eigenvalue weighted by atomic mass is 9.95. The van der Waals surface area contributed by atoms with Crippen LogP contribution in [0.1, 0.15) is 46.5 Å². The predicted molar refractivity (Wildman–Crippen MR) is 71.5 cm³/mol. The number of nitrogens with one attached hydrogen (secondary N) is 1. The van der Waals surface area contributed by atoms with Crippen LogP contribution in [0.15, 0.2) is 0 Å². The minimum Gasteiger partial charge on any atom is -0.466 e. The monoisotopic (exact) mass is 257 g/mol. The fraction of sp³-hybridized carbons (Fsp3) is 0.929. The van der Waals surface area contributed by atoms with Crippen LogP contribution in [-0.2, 0) is 14.3 Å². The first kappa shape index (κ1) is 15.4. The Morgan fingerprint density at radius 3 is 2.94 bits per heavy atom. The topological polar surface area (TPSA) is 47.6 Å². The Balaban J connectivity index is 2.10. The van der Waals surface area contributed by atoms with Gasteiger partial charge in [0.2, 0.25) is 0 Å². The van der Waals surface area contributed by atoms with Crippen LogP contribution in [-0.4, -0.2) is 37.9 Å². The molecule has 0 spiro atoms. The molecule has 18 heavy (non-hydrogen) atoms. The van der Waals surface area contributed by atoms with Gasteiger partial charge >= 0.3 is 5.97 Å². The summed E-state index contributed by atoms with van der Waals surface area (Å²) in [5.74, 6) is 0.487. The Labute approximate surface area is 110 Å². The Bertz CT molecular complexity index is 243. The summed E-state index contributed by atoms with van der Waals surface area (Å²) in [6, 6.07) is 0.536. The molecule has 1 fully saturated rings. The molecule has 4 heteroatoms. The van der Waals surface area contributed by atoms with Crippen molar-refractivity contribution < 1.29 is 14.3 Å². The van der Waals surface area contributed by atoms with Crippen LogP contribution in [0.4, 0.5) is 0 Å².